The van der Waals surface area contributed by atoms with Crippen molar-refractivity contribution in [2.24, 2.45) is 0 Å². The molecule has 0 aromatic heterocycles. The summed E-state index contributed by atoms with van der Waals surface area (Å²) in [5.74, 6) is -2.87. The second kappa shape index (κ2) is 21.9. The summed E-state index contributed by atoms with van der Waals surface area (Å²) in [6, 6.07) is 16.3. The van der Waals surface area contributed by atoms with Gasteiger partial charge in [0.1, 0.15) is 28.6 Å². The molecule has 0 saturated carbocycles. The predicted molar refractivity (Wildman–Crippen MR) is 186 cm³/mol. The number of carboxylic acids is 1. The number of esters is 4. The number of carbonyl (C=O) groups excluding carboxylic acids is 4. The minimum atomic E-state index is -1.38. The highest BCUT2D eigenvalue weighted by Crippen LogP contribution is 2.27. The summed E-state index contributed by atoms with van der Waals surface area (Å²) in [5, 5.41) is 9.75. The van der Waals surface area contributed by atoms with Crippen molar-refractivity contribution in [3.05, 3.63) is 109 Å². The molecule has 0 unspecified atom stereocenters. The van der Waals surface area contributed by atoms with Gasteiger partial charge in [-0.2, -0.15) is 0 Å². The van der Waals surface area contributed by atoms with E-state index in [2.05, 4.69) is 13.2 Å². The van der Waals surface area contributed by atoms with Crippen molar-refractivity contribution in [3.8, 4) is 23.0 Å². The van der Waals surface area contributed by atoms with Gasteiger partial charge < -0.3 is 33.5 Å². The van der Waals surface area contributed by atoms with Gasteiger partial charge >= 0.3 is 29.8 Å². The van der Waals surface area contributed by atoms with E-state index in [1.807, 2.05) is 0 Å². The first kappa shape index (κ1) is 39.5. The molecule has 0 aliphatic heterocycles. The van der Waals surface area contributed by atoms with Gasteiger partial charge in [0.05, 0.1) is 37.6 Å². The SMILES string of the molecule is C=CC(=O)OCCCCCCOc1ccc(C(=O)Oc2ccc(OC(=O)c3ccc(OCCCCCCOC(=O)C=C)cc3)c(C(=O)O)c2)cc1. The Morgan fingerprint density at radius 2 is 0.941 bits per heavy atom. The third kappa shape index (κ3) is 14.6. The summed E-state index contributed by atoms with van der Waals surface area (Å²) < 4.78 is 32.0. The highest BCUT2D eigenvalue weighted by Gasteiger charge is 2.19. The third-order valence-electron chi connectivity index (χ3n) is 7.21. The molecule has 0 atom stereocenters. The zero-order valence-corrected chi connectivity index (χ0v) is 28.3. The maximum Gasteiger partial charge on any atom is 0.343 e. The van der Waals surface area contributed by atoms with Crippen LogP contribution in [0.5, 0.6) is 23.0 Å². The van der Waals surface area contributed by atoms with Crippen LogP contribution >= 0.6 is 0 Å². The minimum Gasteiger partial charge on any atom is -0.494 e. The van der Waals surface area contributed by atoms with Crippen LogP contribution < -0.4 is 18.9 Å². The van der Waals surface area contributed by atoms with Crippen LogP contribution in [0.3, 0.4) is 0 Å². The van der Waals surface area contributed by atoms with Crippen LogP contribution in [0.4, 0.5) is 0 Å². The molecule has 0 amide bonds. The number of hydrogen-bond donors (Lipinski definition) is 1. The lowest BCUT2D eigenvalue weighted by Crippen LogP contribution is -2.13. The first-order valence-corrected chi connectivity index (χ1v) is 16.6. The molecule has 0 aliphatic rings. The lowest BCUT2D eigenvalue weighted by molar-refractivity contribution is -0.138. The summed E-state index contributed by atoms with van der Waals surface area (Å²) in [6.07, 6.45) is 8.94. The molecule has 0 spiro atoms. The molecule has 3 aromatic rings. The quantitative estimate of drug-likeness (QED) is 0.0460. The van der Waals surface area contributed by atoms with Crippen LogP contribution in [0.25, 0.3) is 0 Å². The van der Waals surface area contributed by atoms with Gasteiger partial charge in [0.25, 0.3) is 0 Å². The van der Waals surface area contributed by atoms with Crippen LogP contribution in [0.15, 0.2) is 92.0 Å². The first-order chi connectivity index (χ1) is 24.7. The van der Waals surface area contributed by atoms with Gasteiger partial charge in [-0.05, 0) is 118 Å². The molecule has 0 saturated heterocycles. The molecular weight excluding hydrogens is 660 g/mol. The number of ether oxygens (including phenoxy) is 6. The van der Waals surface area contributed by atoms with E-state index in [0.717, 1.165) is 69.6 Å². The third-order valence-corrected chi connectivity index (χ3v) is 7.21. The van der Waals surface area contributed by atoms with Gasteiger partial charge in [0, 0.05) is 12.2 Å². The normalized spacial score (nSPS) is 10.4. The molecule has 51 heavy (non-hydrogen) atoms. The monoisotopic (exact) mass is 702 g/mol. The van der Waals surface area contributed by atoms with Crippen LogP contribution in [-0.2, 0) is 19.1 Å². The average molecular weight is 703 g/mol. The van der Waals surface area contributed by atoms with Gasteiger partial charge in [0.2, 0.25) is 0 Å². The van der Waals surface area contributed by atoms with Gasteiger partial charge in [0.15, 0.2) is 0 Å². The topological polar surface area (TPSA) is 161 Å². The first-order valence-electron chi connectivity index (χ1n) is 16.6. The predicted octanol–water partition coefficient (Wildman–Crippen LogP) is 7.16. The number of benzene rings is 3. The number of rotatable bonds is 23. The Hall–Kier alpha value is -5.91. The molecule has 0 bridgehead atoms. The van der Waals surface area contributed by atoms with Gasteiger partial charge in [-0.1, -0.05) is 13.2 Å². The highest BCUT2D eigenvalue weighted by atomic mass is 16.5. The maximum atomic E-state index is 12.8. The smallest absolute Gasteiger partial charge is 0.343 e. The van der Waals surface area contributed by atoms with E-state index in [1.165, 1.54) is 36.4 Å². The number of carbonyl (C=O) groups is 5. The molecule has 270 valence electrons. The Balaban J connectivity index is 1.42. The molecular formula is C39H42O12. The number of carboxylic acid groups (broad SMARTS) is 1. The minimum absolute atomic E-state index is 0.0468. The van der Waals surface area contributed by atoms with Crippen molar-refractivity contribution in [1.29, 1.82) is 0 Å². The van der Waals surface area contributed by atoms with E-state index in [4.69, 9.17) is 28.4 Å². The maximum absolute atomic E-state index is 12.8. The fourth-order valence-electron chi connectivity index (χ4n) is 4.49. The molecule has 0 aliphatic carbocycles. The van der Waals surface area contributed by atoms with E-state index in [-0.39, 0.29) is 28.2 Å². The molecule has 0 radical (unpaired) electrons. The Morgan fingerprint density at radius 1 is 0.529 bits per heavy atom. The average Bonchev–Trinajstić information content (AvgIpc) is 3.14. The fraction of sp³-hybridized carbons (Fsp3) is 0.308. The number of unbranched alkanes of at least 4 members (excludes halogenated alkanes) is 6. The number of aromatic carboxylic acids is 1. The lowest BCUT2D eigenvalue weighted by Gasteiger charge is -2.11. The van der Waals surface area contributed by atoms with Crippen LogP contribution in [0.1, 0.15) is 82.4 Å². The van der Waals surface area contributed by atoms with Crippen molar-refractivity contribution < 1.29 is 57.5 Å². The van der Waals surface area contributed by atoms with E-state index >= 15 is 0 Å². The van der Waals surface area contributed by atoms with Crippen molar-refractivity contribution in [2.75, 3.05) is 26.4 Å². The molecule has 3 rings (SSSR count). The van der Waals surface area contributed by atoms with Crippen LogP contribution in [0, 0.1) is 0 Å². The molecule has 12 heteroatoms. The van der Waals surface area contributed by atoms with Crippen molar-refractivity contribution in [1.82, 2.24) is 0 Å². The van der Waals surface area contributed by atoms with E-state index in [0.29, 0.717) is 37.9 Å². The molecule has 3 aromatic carbocycles. The zero-order chi connectivity index (χ0) is 36.8. The summed E-state index contributed by atoms with van der Waals surface area (Å²) >= 11 is 0. The Morgan fingerprint density at radius 3 is 1.37 bits per heavy atom. The Bertz CT molecular complexity index is 1630. The van der Waals surface area contributed by atoms with Gasteiger partial charge in [-0.15, -0.1) is 0 Å². The lowest BCUT2D eigenvalue weighted by atomic mass is 10.1. The molecule has 0 fully saturated rings. The van der Waals surface area contributed by atoms with Crippen molar-refractivity contribution in [2.45, 2.75) is 51.4 Å². The molecule has 12 nitrogen and oxygen atoms in total. The number of hydrogen-bond acceptors (Lipinski definition) is 11. The molecule has 0 heterocycles. The zero-order valence-electron chi connectivity index (χ0n) is 28.3. The second-order valence-corrected chi connectivity index (χ2v) is 11.1. The van der Waals surface area contributed by atoms with Gasteiger partial charge in [-0.3, -0.25) is 0 Å². The Kier molecular flexibility index (Phi) is 17.0. The van der Waals surface area contributed by atoms with Gasteiger partial charge in [-0.25, -0.2) is 24.0 Å². The van der Waals surface area contributed by atoms with E-state index in [1.54, 1.807) is 24.3 Å². The van der Waals surface area contributed by atoms with Crippen molar-refractivity contribution in [3.63, 3.8) is 0 Å². The highest BCUT2D eigenvalue weighted by molar-refractivity contribution is 5.96. The second-order valence-electron chi connectivity index (χ2n) is 11.1. The summed E-state index contributed by atoms with van der Waals surface area (Å²) in [4.78, 5) is 59.5. The Labute approximate surface area is 296 Å². The summed E-state index contributed by atoms with van der Waals surface area (Å²) in [7, 11) is 0. The van der Waals surface area contributed by atoms with Crippen molar-refractivity contribution >= 4 is 29.8 Å². The van der Waals surface area contributed by atoms with E-state index < -0.39 is 29.8 Å². The standard InChI is InChI=1S/C39H42O12/c1-3-35(40)48-25-11-7-5-9-23-46-30-17-13-28(14-18-30)38(44)50-32-21-22-34(33(27-32)37(42)43)51-39(45)29-15-19-31(20-16-29)47-24-10-6-8-12-26-49-36(41)4-2/h3-4,13-22,27H,1-2,5-12,23-26H2,(H,42,43). The van der Waals surface area contributed by atoms with Crippen LogP contribution in [-0.4, -0.2) is 61.4 Å². The fourth-order valence-corrected chi connectivity index (χ4v) is 4.49. The summed E-state index contributed by atoms with van der Waals surface area (Å²) in [5.41, 5.74) is 0.0356. The van der Waals surface area contributed by atoms with E-state index in [9.17, 15) is 29.1 Å². The molecule has 1 N–H and O–H groups in total. The largest absolute Gasteiger partial charge is 0.494 e. The van der Waals surface area contributed by atoms with Crippen LogP contribution in [0.2, 0.25) is 0 Å². The summed E-state index contributed by atoms with van der Waals surface area (Å²) in [6.45, 7) is 8.35.